The number of anilines is 1. The maximum atomic E-state index is 12.0. The SMILES string of the molecule is Cc1cccc(Oc2ccc(NC(=O)c3cnccn3)cc2)c1. The van der Waals surface area contributed by atoms with E-state index in [1.807, 2.05) is 31.2 Å². The lowest BCUT2D eigenvalue weighted by Gasteiger charge is -2.08. The van der Waals surface area contributed by atoms with Crippen LogP contribution in [0.25, 0.3) is 0 Å². The second-order valence-corrected chi connectivity index (χ2v) is 4.99. The number of carbonyl (C=O) groups excluding carboxylic acids is 1. The van der Waals surface area contributed by atoms with E-state index in [1.165, 1.54) is 18.6 Å². The van der Waals surface area contributed by atoms with E-state index in [-0.39, 0.29) is 11.6 Å². The molecule has 0 unspecified atom stereocenters. The first-order valence-electron chi connectivity index (χ1n) is 7.13. The first kappa shape index (κ1) is 14.7. The third-order valence-electron chi connectivity index (χ3n) is 3.13. The van der Waals surface area contributed by atoms with Gasteiger partial charge in [-0.15, -0.1) is 0 Å². The van der Waals surface area contributed by atoms with Gasteiger partial charge in [-0.2, -0.15) is 0 Å². The zero-order valence-corrected chi connectivity index (χ0v) is 12.6. The molecule has 0 spiro atoms. The normalized spacial score (nSPS) is 10.1. The molecule has 0 atom stereocenters. The quantitative estimate of drug-likeness (QED) is 0.795. The van der Waals surface area contributed by atoms with Crippen molar-refractivity contribution < 1.29 is 9.53 Å². The van der Waals surface area contributed by atoms with Crippen LogP contribution in [0.1, 0.15) is 16.1 Å². The van der Waals surface area contributed by atoms with E-state index in [9.17, 15) is 4.79 Å². The maximum Gasteiger partial charge on any atom is 0.275 e. The van der Waals surface area contributed by atoms with Gasteiger partial charge in [-0.25, -0.2) is 4.98 Å². The number of hydrogen-bond acceptors (Lipinski definition) is 4. The number of benzene rings is 2. The minimum atomic E-state index is -0.301. The molecule has 0 bridgehead atoms. The molecule has 0 radical (unpaired) electrons. The van der Waals surface area contributed by atoms with Crippen LogP contribution in [0.3, 0.4) is 0 Å². The first-order valence-corrected chi connectivity index (χ1v) is 7.13. The Labute approximate surface area is 134 Å². The van der Waals surface area contributed by atoms with Gasteiger partial charge in [0.15, 0.2) is 0 Å². The summed E-state index contributed by atoms with van der Waals surface area (Å²) >= 11 is 0. The van der Waals surface area contributed by atoms with Gasteiger partial charge in [0.2, 0.25) is 0 Å². The van der Waals surface area contributed by atoms with Gasteiger partial charge in [-0.1, -0.05) is 12.1 Å². The smallest absolute Gasteiger partial charge is 0.275 e. The minimum absolute atomic E-state index is 0.271. The molecule has 1 aromatic heterocycles. The molecular formula is C18H15N3O2. The molecule has 114 valence electrons. The van der Waals surface area contributed by atoms with Crippen molar-refractivity contribution in [3.05, 3.63) is 78.4 Å². The van der Waals surface area contributed by atoms with E-state index < -0.39 is 0 Å². The van der Waals surface area contributed by atoms with Crippen LogP contribution in [-0.2, 0) is 0 Å². The van der Waals surface area contributed by atoms with E-state index >= 15 is 0 Å². The molecule has 3 rings (SSSR count). The Balaban J connectivity index is 1.66. The Hall–Kier alpha value is -3.21. The summed E-state index contributed by atoms with van der Waals surface area (Å²) in [5, 5.41) is 2.76. The van der Waals surface area contributed by atoms with Crippen LogP contribution in [0, 0.1) is 6.92 Å². The summed E-state index contributed by atoms with van der Waals surface area (Å²) in [4.78, 5) is 19.8. The maximum absolute atomic E-state index is 12.0. The molecule has 23 heavy (non-hydrogen) atoms. The Morgan fingerprint density at radius 3 is 2.57 bits per heavy atom. The van der Waals surface area contributed by atoms with Crippen molar-refractivity contribution in [2.24, 2.45) is 0 Å². The fraction of sp³-hybridized carbons (Fsp3) is 0.0556. The zero-order chi connectivity index (χ0) is 16.1. The Morgan fingerprint density at radius 1 is 1.04 bits per heavy atom. The molecule has 1 N–H and O–H groups in total. The van der Waals surface area contributed by atoms with Crippen molar-refractivity contribution in [1.29, 1.82) is 0 Å². The Bertz CT molecular complexity index is 802. The van der Waals surface area contributed by atoms with Crippen molar-refractivity contribution in [3.8, 4) is 11.5 Å². The molecule has 3 aromatic rings. The number of rotatable bonds is 4. The van der Waals surface area contributed by atoms with Crippen LogP contribution in [0.4, 0.5) is 5.69 Å². The van der Waals surface area contributed by atoms with Crippen molar-refractivity contribution in [2.45, 2.75) is 6.92 Å². The van der Waals surface area contributed by atoms with E-state index in [0.29, 0.717) is 11.4 Å². The number of carbonyl (C=O) groups is 1. The molecule has 1 amide bonds. The largest absolute Gasteiger partial charge is 0.457 e. The highest BCUT2D eigenvalue weighted by atomic mass is 16.5. The average molecular weight is 305 g/mol. The van der Waals surface area contributed by atoms with Crippen LogP contribution in [0.5, 0.6) is 11.5 Å². The molecule has 2 aromatic carbocycles. The first-order chi connectivity index (χ1) is 11.2. The number of amides is 1. The zero-order valence-electron chi connectivity index (χ0n) is 12.6. The number of ether oxygens (including phenoxy) is 1. The molecule has 0 saturated carbocycles. The third kappa shape index (κ3) is 3.91. The summed E-state index contributed by atoms with van der Waals surface area (Å²) < 4.78 is 5.77. The van der Waals surface area contributed by atoms with Gasteiger partial charge in [-0.3, -0.25) is 9.78 Å². The fourth-order valence-electron chi connectivity index (χ4n) is 2.03. The van der Waals surface area contributed by atoms with E-state index in [0.717, 1.165) is 11.3 Å². The van der Waals surface area contributed by atoms with Crippen molar-refractivity contribution in [1.82, 2.24) is 9.97 Å². The molecule has 5 heteroatoms. The Kier molecular flexibility index (Phi) is 4.29. The van der Waals surface area contributed by atoms with Gasteiger partial charge in [0.05, 0.1) is 6.20 Å². The molecule has 1 heterocycles. The summed E-state index contributed by atoms with van der Waals surface area (Å²) in [6.45, 7) is 2.01. The van der Waals surface area contributed by atoms with Gasteiger partial charge in [-0.05, 0) is 48.9 Å². The van der Waals surface area contributed by atoms with Crippen LogP contribution >= 0.6 is 0 Å². The second-order valence-electron chi connectivity index (χ2n) is 4.99. The monoisotopic (exact) mass is 305 g/mol. The van der Waals surface area contributed by atoms with Crippen LogP contribution in [0.2, 0.25) is 0 Å². The average Bonchev–Trinajstić information content (AvgIpc) is 2.57. The molecule has 0 aliphatic rings. The van der Waals surface area contributed by atoms with Gasteiger partial charge >= 0.3 is 0 Å². The standard InChI is InChI=1S/C18H15N3O2/c1-13-3-2-4-16(11-13)23-15-7-5-14(6-8-15)21-18(22)17-12-19-9-10-20-17/h2-12H,1H3,(H,21,22). The summed E-state index contributed by atoms with van der Waals surface area (Å²) in [5.74, 6) is 1.18. The minimum Gasteiger partial charge on any atom is -0.457 e. The van der Waals surface area contributed by atoms with Gasteiger partial charge in [0.1, 0.15) is 17.2 Å². The molecular weight excluding hydrogens is 290 g/mol. The lowest BCUT2D eigenvalue weighted by Crippen LogP contribution is -2.13. The van der Waals surface area contributed by atoms with Crippen molar-refractivity contribution in [2.75, 3.05) is 5.32 Å². The summed E-state index contributed by atoms with van der Waals surface area (Å²) in [6.07, 6.45) is 4.42. The van der Waals surface area contributed by atoms with Crippen molar-refractivity contribution in [3.63, 3.8) is 0 Å². The summed E-state index contributed by atoms with van der Waals surface area (Å²) in [6, 6.07) is 15.0. The third-order valence-corrected chi connectivity index (χ3v) is 3.13. The topological polar surface area (TPSA) is 64.1 Å². The summed E-state index contributed by atoms with van der Waals surface area (Å²) in [5.41, 5.74) is 2.07. The van der Waals surface area contributed by atoms with E-state index in [2.05, 4.69) is 15.3 Å². The highest BCUT2D eigenvalue weighted by Gasteiger charge is 2.07. The number of aromatic nitrogens is 2. The number of hydrogen-bond donors (Lipinski definition) is 1. The number of nitrogens with zero attached hydrogens (tertiary/aromatic N) is 2. The molecule has 0 aliphatic heterocycles. The van der Waals surface area contributed by atoms with Gasteiger partial charge < -0.3 is 10.1 Å². The predicted octanol–water partition coefficient (Wildman–Crippen LogP) is 3.83. The lowest BCUT2D eigenvalue weighted by molar-refractivity contribution is 0.102. The highest BCUT2D eigenvalue weighted by Crippen LogP contribution is 2.23. The van der Waals surface area contributed by atoms with Gasteiger partial charge in [0, 0.05) is 18.1 Å². The highest BCUT2D eigenvalue weighted by molar-refractivity contribution is 6.02. The molecule has 0 saturated heterocycles. The Morgan fingerprint density at radius 2 is 1.87 bits per heavy atom. The molecule has 0 aliphatic carbocycles. The van der Waals surface area contributed by atoms with Crippen LogP contribution < -0.4 is 10.1 Å². The predicted molar refractivity (Wildman–Crippen MR) is 87.7 cm³/mol. The van der Waals surface area contributed by atoms with E-state index in [1.54, 1.807) is 24.3 Å². The van der Waals surface area contributed by atoms with Crippen LogP contribution in [-0.4, -0.2) is 15.9 Å². The van der Waals surface area contributed by atoms with Crippen molar-refractivity contribution >= 4 is 11.6 Å². The fourth-order valence-corrected chi connectivity index (χ4v) is 2.03. The van der Waals surface area contributed by atoms with E-state index in [4.69, 9.17) is 4.74 Å². The lowest BCUT2D eigenvalue weighted by atomic mass is 10.2. The molecule has 0 fully saturated rings. The second kappa shape index (κ2) is 6.70. The molecule has 5 nitrogen and oxygen atoms in total. The van der Waals surface area contributed by atoms with Crippen LogP contribution in [0.15, 0.2) is 67.1 Å². The number of nitrogens with one attached hydrogen (secondary N) is 1. The number of aryl methyl sites for hydroxylation is 1. The van der Waals surface area contributed by atoms with Gasteiger partial charge in [0.25, 0.3) is 5.91 Å². The summed E-state index contributed by atoms with van der Waals surface area (Å²) in [7, 11) is 0.